The molecule has 0 bridgehead atoms. The summed E-state index contributed by atoms with van der Waals surface area (Å²) >= 11 is 0. The third kappa shape index (κ3) is 3.78. The van der Waals surface area contributed by atoms with Gasteiger partial charge in [0, 0.05) is 18.6 Å². The molecule has 0 aromatic heterocycles. The summed E-state index contributed by atoms with van der Waals surface area (Å²) in [5, 5.41) is 0. The summed E-state index contributed by atoms with van der Waals surface area (Å²) in [4.78, 5) is 2.50. The number of hydrogen-bond donors (Lipinski definition) is 1. The van der Waals surface area contributed by atoms with E-state index in [4.69, 9.17) is 10.5 Å². The maximum absolute atomic E-state index is 6.09. The van der Waals surface area contributed by atoms with Crippen molar-refractivity contribution >= 4 is 0 Å². The molecule has 3 heteroatoms. The van der Waals surface area contributed by atoms with Crippen molar-refractivity contribution in [2.24, 2.45) is 11.7 Å². The normalized spacial score (nSPS) is 24.1. The lowest BCUT2D eigenvalue weighted by Gasteiger charge is -2.39. The molecule has 3 nitrogen and oxygen atoms in total. The maximum Gasteiger partial charge on any atom is 0.121 e. The first-order chi connectivity index (χ1) is 10.1. The molecule has 3 atom stereocenters. The summed E-state index contributed by atoms with van der Waals surface area (Å²) in [6.07, 6.45) is 5.31. The Labute approximate surface area is 129 Å². The average Bonchev–Trinajstić information content (AvgIpc) is 2.48. The van der Waals surface area contributed by atoms with E-state index in [2.05, 4.69) is 44.0 Å². The molecule has 0 saturated heterocycles. The van der Waals surface area contributed by atoms with Crippen LogP contribution in [-0.2, 0) is 0 Å². The lowest BCUT2D eigenvalue weighted by atomic mass is 9.85. The van der Waals surface area contributed by atoms with E-state index in [-0.39, 0.29) is 0 Å². The van der Waals surface area contributed by atoms with Gasteiger partial charge in [-0.3, -0.25) is 4.90 Å². The highest BCUT2D eigenvalue weighted by Crippen LogP contribution is 2.32. The average molecular weight is 290 g/mol. The molecule has 0 aliphatic heterocycles. The zero-order valence-corrected chi connectivity index (χ0v) is 13.9. The third-order valence-electron chi connectivity index (χ3n) is 5.00. The summed E-state index contributed by atoms with van der Waals surface area (Å²) in [7, 11) is 3.96. The largest absolute Gasteiger partial charge is 0.496 e. The Hall–Kier alpha value is -1.06. The second kappa shape index (κ2) is 7.28. The third-order valence-corrected chi connectivity index (χ3v) is 5.00. The van der Waals surface area contributed by atoms with Crippen LogP contribution in [0.2, 0.25) is 0 Å². The van der Waals surface area contributed by atoms with Gasteiger partial charge in [-0.1, -0.05) is 31.9 Å². The number of aryl methyl sites for hydroxylation is 1. The van der Waals surface area contributed by atoms with Crippen LogP contribution in [-0.4, -0.2) is 31.6 Å². The van der Waals surface area contributed by atoms with E-state index < -0.39 is 0 Å². The van der Waals surface area contributed by atoms with Gasteiger partial charge in [0.1, 0.15) is 5.75 Å². The van der Waals surface area contributed by atoms with Gasteiger partial charge in [-0.05, 0) is 49.9 Å². The minimum Gasteiger partial charge on any atom is -0.496 e. The molecule has 1 aliphatic rings. The zero-order valence-electron chi connectivity index (χ0n) is 13.9. The van der Waals surface area contributed by atoms with Crippen molar-refractivity contribution < 1.29 is 4.74 Å². The Kier molecular flexibility index (Phi) is 5.65. The van der Waals surface area contributed by atoms with Crippen molar-refractivity contribution in [1.82, 2.24) is 4.90 Å². The van der Waals surface area contributed by atoms with Crippen LogP contribution < -0.4 is 10.5 Å². The van der Waals surface area contributed by atoms with Crippen molar-refractivity contribution in [3.05, 3.63) is 29.3 Å². The molecule has 1 saturated carbocycles. The summed E-state index contributed by atoms with van der Waals surface area (Å²) in [6.45, 7) is 5.13. The van der Waals surface area contributed by atoms with Crippen LogP contribution >= 0.6 is 0 Å². The van der Waals surface area contributed by atoms with Gasteiger partial charge in [0.25, 0.3) is 0 Å². The molecule has 118 valence electrons. The molecule has 0 radical (unpaired) electrons. The van der Waals surface area contributed by atoms with Crippen molar-refractivity contribution in [1.29, 1.82) is 0 Å². The maximum atomic E-state index is 6.09. The fourth-order valence-corrected chi connectivity index (χ4v) is 3.67. The van der Waals surface area contributed by atoms with Crippen LogP contribution in [0.15, 0.2) is 18.2 Å². The Morgan fingerprint density at radius 2 is 2.14 bits per heavy atom. The van der Waals surface area contributed by atoms with Crippen LogP contribution in [0.1, 0.15) is 49.8 Å². The number of ether oxygens (including phenoxy) is 1. The van der Waals surface area contributed by atoms with E-state index in [1.165, 1.54) is 36.8 Å². The zero-order chi connectivity index (χ0) is 15.4. The highest BCUT2D eigenvalue weighted by Gasteiger charge is 2.27. The molecule has 3 unspecified atom stereocenters. The van der Waals surface area contributed by atoms with Crippen molar-refractivity contribution in [2.75, 3.05) is 20.7 Å². The second-order valence-corrected chi connectivity index (χ2v) is 6.57. The van der Waals surface area contributed by atoms with Gasteiger partial charge in [0.15, 0.2) is 0 Å². The van der Waals surface area contributed by atoms with E-state index in [9.17, 15) is 0 Å². The topological polar surface area (TPSA) is 38.5 Å². The van der Waals surface area contributed by atoms with Gasteiger partial charge in [-0.25, -0.2) is 0 Å². The van der Waals surface area contributed by atoms with Crippen LogP contribution in [0, 0.1) is 12.8 Å². The monoisotopic (exact) mass is 290 g/mol. The molecular weight excluding hydrogens is 260 g/mol. The number of hydrogen-bond acceptors (Lipinski definition) is 3. The quantitative estimate of drug-likeness (QED) is 0.902. The Balaban J connectivity index is 2.16. The van der Waals surface area contributed by atoms with Crippen molar-refractivity contribution in [3.8, 4) is 5.75 Å². The molecule has 1 fully saturated rings. The molecule has 1 aliphatic carbocycles. The number of methoxy groups -OCH3 is 1. The number of likely N-dealkylation sites (N-methyl/N-ethyl adjacent to an activating group) is 1. The predicted molar refractivity (Wildman–Crippen MR) is 88.7 cm³/mol. The summed E-state index contributed by atoms with van der Waals surface area (Å²) < 4.78 is 5.36. The second-order valence-electron chi connectivity index (χ2n) is 6.57. The standard InChI is InChI=1S/C18H30N2O/c1-13-6-5-7-16(10-13)20(3)17(12-19)15-8-9-18(21-4)14(2)11-15/h8-9,11,13,16-17H,5-7,10,12,19H2,1-4H3. The molecule has 1 aromatic rings. The lowest BCUT2D eigenvalue weighted by molar-refractivity contribution is 0.121. The highest BCUT2D eigenvalue weighted by molar-refractivity contribution is 5.37. The van der Waals surface area contributed by atoms with Crippen LogP contribution in [0.5, 0.6) is 5.75 Å². The molecule has 0 amide bonds. The lowest BCUT2D eigenvalue weighted by Crippen LogP contribution is -2.41. The Morgan fingerprint density at radius 3 is 2.71 bits per heavy atom. The van der Waals surface area contributed by atoms with Gasteiger partial charge in [-0.2, -0.15) is 0 Å². The number of rotatable bonds is 5. The van der Waals surface area contributed by atoms with E-state index in [0.29, 0.717) is 18.6 Å². The number of benzene rings is 1. The first kappa shape index (κ1) is 16.3. The Morgan fingerprint density at radius 1 is 1.38 bits per heavy atom. The highest BCUT2D eigenvalue weighted by atomic mass is 16.5. The van der Waals surface area contributed by atoms with Crippen molar-refractivity contribution in [3.63, 3.8) is 0 Å². The molecule has 2 rings (SSSR count). The first-order valence-electron chi connectivity index (χ1n) is 8.13. The number of nitrogens with two attached hydrogens (primary N) is 1. The van der Waals surface area contributed by atoms with Gasteiger partial charge in [-0.15, -0.1) is 0 Å². The summed E-state index contributed by atoms with van der Waals surface area (Å²) in [5.74, 6) is 1.78. The minimum atomic E-state index is 0.296. The van der Waals surface area contributed by atoms with Crippen LogP contribution in [0.3, 0.4) is 0 Å². The predicted octanol–water partition coefficient (Wildman–Crippen LogP) is 3.51. The van der Waals surface area contributed by atoms with Gasteiger partial charge in [0.05, 0.1) is 7.11 Å². The SMILES string of the molecule is COc1ccc(C(CN)N(C)C2CCCC(C)C2)cc1C. The minimum absolute atomic E-state index is 0.296. The van der Waals surface area contributed by atoms with E-state index in [0.717, 1.165) is 11.7 Å². The smallest absolute Gasteiger partial charge is 0.121 e. The molecule has 21 heavy (non-hydrogen) atoms. The van der Waals surface area contributed by atoms with E-state index >= 15 is 0 Å². The molecular formula is C18H30N2O. The van der Waals surface area contributed by atoms with E-state index in [1.54, 1.807) is 7.11 Å². The molecule has 0 heterocycles. The van der Waals surface area contributed by atoms with Gasteiger partial charge < -0.3 is 10.5 Å². The fourth-order valence-electron chi connectivity index (χ4n) is 3.67. The molecule has 1 aromatic carbocycles. The summed E-state index contributed by atoms with van der Waals surface area (Å²) in [6, 6.07) is 7.39. The molecule has 2 N–H and O–H groups in total. The van der Waals surface area contributed by atoms with Crippen molar-refractivity contribution in [2.45, 2.75) is 51.6 Å². The van der Waals surface area contributed by atoms with Crippen LogP contribution in [0.4, 0.5) is 0 Å². The Bertz CT molecular complexity index is 461. The molecule has 0 spiro atoms. The van der Waals surface area contributed by atoms with E-state index in [1.807, 2.05) is 0 Å². The fraction of sp³-hybridized carbons (Fsp3) is 0.667. The van der Waals surface area contributed by atoms with Gasteiger partial charge >= 0.3 is 0 Å². The first-order valence-corrected chi connectivity index (χ1v) is 8.13. The van der Waals surface area contributed by atoms with Gasteiger partial charge in [0.2, 0.25) is 0 Å². The summed E-state index contributed by atoms with van der Waals surface area (Å²) in [5.41, 5.74) is 8.58. The van der Waals surface area contributed by atoms with Crippen LogP contribution in [0.25, 0.3) is 0 Å². The number of nitrogens with zero attached hydrogens (tertiary/aromatic N) is 1.